The highest BCUT2D eigenvalue weighted by Gasteiger charge is 2.32. The van der Waals surface area contributed by atoms with Gasteiger partial charge in [0.05, 0.1) is 11.0 Å². The van der Waals surface area contributed by atoms with Gasteiger partial charge in [0, 0.05) is 11.6 Å². The summed E-state index contributed by atoms with van der Waals surface area (Å²) >= 11 is 6.17. The van der Waals surface area contributed by atoms with E-state index in [2.05, 4.69) is 5.32 Å². The summed E-state index contributed by atoms with van der Waals surface area (Å²) in [6.07, 6.45) is 5.68. The summed E-state index contributed by atoms with van der Waals surface area (Å²) in [7, 11) is 0. The molecule has 1 aliphatic carbocycles. The van der Waals surface area contributed by atoms with Crippen molar-refractivity contribution in [3.05, 3.63) is 33.7 Å². The molecule has 1 aromatic heterocycles. The van der Waals surface area contributed by atoms with Crippen molar-refractivity contribution in [3.63, 3.8) is 0 Å². The number of carbonyl (C=O) groups is 2. The van der Waals surface area contributed by atoms with E-state index >= 15 is 0 Å². The Morgan fingerprint density at radius 1 is 1.21 bits per heavy atom. The molecule has 2 amide bonds. The van der Waals surface area contributed by atoms with Crippen molar-refractivity contribution in [2.24, 2.45) is 17.1 Å². The van der Waals surface area contributed by atoms with Gasteiger partial charge in [-0.3, -0.25) is 9.36 Å². The van der Waals surface area contributed by atoms with Gasteiger partial charge < -0.3 is 11.1 Å². The number of nitrogens with two attached hydrogens (primary N) is 1. The van der Waals surface area contributed by atoms with E-state index in [0.29, 0.717) is 28.5 Å². The number of amides is 2. The molecule has 0 saturated heterocycles. The van der Waals surface area contributed by atoms with Crippen LogP contribution in [0.3, 0.4) is 0 Å². The highest BCUT2D eigenvalue weighted by Crippen LogP contribution is 2.27. The smallest absolute Gasteiger partial charge is 0.337 e. The molecule has 0 spiro atoms. The zero-order chi connectivity index (χ0) is 21.3. The van der Waals surface area contributed by atoms with Crippen LogP contribution in [0.25, 0.3) is 11.0 Å². The predicted octanol–water partition coefficient (Wildman–Crippen LogP) is 3.49. The number of hydrogen-bond acceptors (Lipinski definition) is 3. The minimum Gasteiger partial charge on any atom is -0.368 e. The molecule has 1 heterocycles. The van der Waals surface area contributed by atoms with Gasteiger partial charge >= 0.3 is 11.7 Å². The first-order valence-electron chi connectivity index (χ1n) is 10.1. The standard InChI is InChI=1S/C21H29ClN4O3/c1-21(2,3)17(18(23)27)24-19(28)26-15-10-9-14(22)11-16(15)25(20(26)29)12-13-7-5-4-6-8-13/h9-11,13,17H,4-8,12H2,1-3H3,(H2,23,27)(H,24,28)/t17-/m1/s1. The first-order chi connectivity index (χ1) is 13.6. The summed E-state index contributed by atoms with van der Waals surface area (Å²) in [4.78, 5) is 38.1. The fourth-order valence-corrected chi connectivity index (χ4v) is 4.30. The van der Waals surface area contributed by atoms with Crippen molar-refractivity contribution < 1.29 is 9.59 Å². The normalized spacial score (nSPS) is 16.7. The molecule has 1 saturated carbocycles. The number of halogens is 1. The summed E-state index contributed by atoms with van der Waals surface area (Å²) in [6, 6.07) is 3.44. The van der Waals surface area contributed by atoms with Gasteiger partial charge in [0.2, 0.25) is 5.91 Å². The number of nitrogens with zero attached hydrogens (tertiary/aromatic N) is 2. The molecule has 0 unspecified atom stereocenters. The average molecular weight is 421 g/mol. The molecule has 7 nitrogen and oxygen atoms in total. The third-order valence-electron chi connectivity index (χ3n) is 5.68. The molecule has 158 valence electrons. The van der Waals surface area contributed by atoms with Gasteiger partial charge in [-0.05, 0) is 42.4 Å². The fourth-order valence-electron chi connectivity index (χ4n) is 4.13. The molecule has 3 N–H and O–H groups in total. The van der Waals surface area contributed by atoms with Crippen LogP contribution in [0.2, 0.25) is 5.02 Å². The third-order valence-corrected chi connectivity index (χ3v) is 5.91. The molecule has 8 heteroatoms. The molecule has 1 aliphatic rings. The monoisotopic (exact) mass is 420 g/mol. The van der Waals surface area contributed by atoms with Crippen LogP contribution >= 0.6 is 11.6 Å². The van der Waals surface area contributed by atoms with E-state index in [1.54, 1.807) is 43.5 Å². The molecule has 0 bridgehead atoms. The van der Waals surface area contributed by atoms with Gasteiger partial charge in [0.1, 0.15) is 6.04 Å². The molecule has 3 rings (SSSR count). The van der Waals surface area contributed by atoms with Crippen LogP contribution in [0.15, 0.2) is 23.0 Å². The van der Waals surface area contributed by atoms with Crippen molar-refractivity contribution >= 4 is 34.6 Å². The number of benzene rings is 1. The molecule has 1 atom stereocenters. The van der Waals surface area contributed by atoms with Crippen LogP contribution in [-0.4, -0.2) is 27.1 Å². The quantitative estimate of drug-likeness (QED) is 0.791. The second kappa shape index (κ2) is 8.22. The minimum atomic E-state index is -0.911. The van der Waals surface area contributed by atoms with E-state index in [4.69, 9.17) is 17.3 Å². The lowest BCUT2D eigenvalue weighted by atomic mass is 9.86. The van der Waals surface area contributed by atoms with Crippen molar-refractivity contribution in [1.29, 1.82) is 0 Å². The second-order valence-corrected chi connectivity index (χ2v) is 9.45. The van der Waals surface area contributed by atoms with E-state index in [1.165, 1.54) is 6.42 Å². The summed E-state index contributed by atoms with van der Waals surface area (Å²) in [5.41, 5.74) is 5.55. The van der Waals surface area contributed by atoms with E-state index < -0.39 is 29.1 Å². The van der Waals surface area contributed by atoms with Crippen LogP contribution in [0.4, 0.5) is 4.79 Å². The summed E-state index contributed by atoms with van der Waals surface area (Å²) in [5.74, 6) is -0.247. The Labute approximate surface area is 175 Å². The molecule has 1 aromatic carbocycles. The molecule has 0 aliphatic heterocycles. The van der Waals surface area contributed by atoms with E-state index in [1.807, 2.05) is 0 Å². The highest BCUT2D eigenvalue weighted by atomic mass is 35.5. The highest BCUT2D eigenvalue weighted by molar-refractivity contribution is 6.31. The Morgan fingerprint density at radius 3 is 2.45 bits per heavy atom. The summed E-state index contributed by atoms with van der Waals surface area (Å²) < 4.78 is 2.71. The largest absolute Gasteiger partial charge is 0.368 e. The van der Waals surface area contributed by atoms with Gasteiger partial charge in [-0.25, -0.2) is 14.2 Å². The number of carbonyl (C=O) groups excluding carboxylic acids is 2. The maximum absolute atomic E-state index is 13.2. The first-order valence-corrected chi connectivity index (χ1v) is 10.5. The predicted molar refractivity (Wildman–Crippen MR) is 114 cm³/mol. The fraction of sp³-hybridized carbons (Fsp3) is 0.571. The van der Waals surface area contributed by atoms with Crippen LogP contribution in [0, 0.1) is 11.3 Å². The maximum Gasteiger partial charge on any atom is 0.337 e. The second-order valence-electron chi connectivity index (χ2n) is 9.02. The Hall–Kier alpha value is -2.28. The number of hydrogen-bond donors (Lipinski definition) is 2. The lowest BCUT2D eigenvalue weighted by Crippen LogP contribution is -2.54. The maximum atomic E-state index is 13.2. The number of rotatable bonds is 4. The Bertz CT molecular complexity index is 980. The minimum absolute atomic E-state index is 0.399. The Morgan fingerprint density at radius 2 is 1.86 bits per heavy atom. The average Bonchev–Trinajstić information content (AvgIpc) is 2.90. The number of primary amides is 1. The van der Waals surface area contributed by atoms with Crippen LogP contribution in [0.5, 0.6) is 0 Å². The van der Waals surface area contributed by atoms with Crippen molar-refractivity contribution in [2.75, 3.05) is 0 Å². The SMILES string of the molecule is CC(C)(C)[C@H](NC(=O)n1c(=O)n(CC2CCCCC2)c2cc(Cl)ccc21)C(N)=O. The van der Waals surface area contributed by atoms with Gasteiger partial charge in [-0.1, -0.05) is 51.6 Å². The number of nitrogens with one attached hydrogen (secondary N) is 1. The van der Waals surface area contributed by atoms with Gasteiger partial charge in [0.15, 0.2) is 0 Å². The zero-order valence-corrected chi connectivity index (χ0v) is 18.0. The molecule has 2 aromatic rings. The lowest BCUT2D eigenvalue weighted by molar-refractivity contribution is -0.122. The summed E-state index contributed by atoms with van der Waals surface area (Å²) in [5, 5.41) is 3.14. The van der Waals surface area contributed by atoms with Crippen LogP contribution < -0.4 is 16.7 Å². The topological polar surface area (TPSA) is 99.1 Å². The van der Waals surface area contributed by atoms with Gasteiger partial charge in [0.25, 0.3) is 0 Å². The van der Waals surface area contributed by atoms with Crippen molar-refractivity contribution in [2.45, 2.75) is 65.5 Å². The first kappa shape index (κ1) is 21.4. The number of imidazole rings is 1. The van der Waals surface area contributed by atoms with Gasteiger partial charge in [-0.2, -0.15) is 0 Å². The molecule has 0 radical (unpaired) electrons. The lowest BCUT2D eigenvalue weighted by Gasteiger charge is -2.28. The Balaban J connectivity index is 2.03. The van der Waals surface area contributed by atoms with E-state index in [0.717, 1.165) is 30.3 Å². The van der Waals surface area contributed by atoms with Crippen LogP contribution in [0.1, 0.15) is 52.9 Å². The van der Waals surface area contributed by atoms with Gasteiger partial charge in [-0.15, -0.1) is 0 Å². The number of aromatic nitrogens is 2. The van der Waals surface area contributed by atoms with Crippen molar-refractivity contribution in [3.8, 4) is 0 Å². The molecule has 29 heavy (non-hydrogen) atoms. The third kappa shape index (κ3) is 4.50. The van der Waals surface area contributed by atoms with E-state index in [9.17, 15) is 14.4 Å². The molecular formula is C21H29ClN4O3. The molecule has 1 fully saturated rings. The van der Waals surface area contributed by atoms with Crippen LogP contribution in [-0.2, 0) is 11.3 Å². The Kier molecular flexibility index (Phi) is 6.08. The van der Waals surface area contributed by atoms with Crippen molar-refractivity contribution in [1.82, 2.24) is 14.5 Å². The van der Waals surface area contributed by atoms with E-state index in [-0.39, 0.29) is 0 Å². The summed E-state index contributed by atoms with van der Waals surface area (Å²) in [6.45, 7) is 5.96. The zero-order valence-electron chi connectivity index (χ0n) is 17.2. The number of fused-ring (bicyclic) bond motifs is 1. The molecular weight excluding hydrogens is 392 g/mol.